The van der Waals surface area contributed by atoms with Crippen LogP contribution in [0.3, 0.4) is 0 Å². The van der Waals surface area contributed by atoms with E-state index in [9.17, 15) is 8.42 Å². The van der Waals surface area contributed by atoms with Gasteiger partial charge in [-0.3, -0.25) is 4.72 Å². The fourth-order valence-electron chi connectivity index (χ4n) is 1.14. The lowest BCUT2D eigenvalue weighted by Gasteiger charge is -2.15. The van der Waals surface area contributed by atoms with E-state index in [1.54, 1.807) is 25.1 Å². The third-order valence-electron chi connectivity index (χ3n) is 2.28. The SMILES string of the molecule is COc1ccc(Br)cc1NS(=O)(=O)C(C)CN. The van der Waals surface area contributed by atoms with Crippen molar-refractivity contribution >= 4 is 31.6 Å². The third kappa shape index (κ3) is 3.58. The summed E-state index contributed by atoms with van der Waals surface area (Å²) in [4.78, 5) is 0. The average molecular weight is 323 g/mol. The van der Waals surface area contributed by atoms with Crippen LogP contribution in [-0.4, -0.2) is 27.3 Å². The van der Waals surface area contributed by atoms with E-state index in [-0.39, 0.29) is 6.54 Å². The molecule has 1 rings (SSSR count). The van der Waals surface area contributed by atoms with Crippen LogP contribution in [0, 0.1) is 0 Å². The highest BCUT2D eigenvalue weighted by Gasteiger charge is 2.20. The van der Waals surface area contributed by atoms with Gasteiger partial charge in [-0.2, -0.15) is 0 Å². The molecular weight excluding hydrogens is 308 g/mol. The molecule has 0 spiro atoms. The Bertz CT molecular complexity index is 490. The van der Waals surface area contributed by atoms with Gasteiger partial charge in [0.1, 0.15) is 5.75 Å². The number of hydrogen-bond acceptors (Lipinski definition) is 4. The van der Waals surface area contributed by atoms with E-state index in [4.69, 9.17) is 10.5 Å². The molecule has 96 valence electrons. The first kappa shape index (κ1) is 14.3. The Kier molecular flexibility index (Phi) is 4.79. The number of nitrogens with one attached hydrogen (secondary N) is 1. The van der Waals surface area contributed by atoms with Gasteiger partial charge >= 0.3 is 0 Å². The van der Waals surface area contributed by atoms with E-state index in [1.807, 2.05) is 0 Å². The fraction of sp³-hybridized carbons (Fsp3) is 0.400. The number of sulfonamides is 1. The molecule has 0 aliphatic rings. The van der Waals surface area contributed by atoms with Crippen molar-refractivity contribution in [3.05, 3.63) is 22.7 Å². The Morgan fingerprint density at radius 2 is 2.18 bits per heavy atom. The summed E-state index contributed by atoms with van der Waals surface area (Å²) in [5, 5.41) is -0.661. The normalized spacial score (nSPS) is 13.2. The molecule has 1 aromatic rings. The molecule has 0 aliphatic heterocycles. The zero-order valence-corrected chi connectivity index (χ0v) is 12.0. The summed E-state index contributed by atoms with van der Waals surface area (Å²) in [6.45, 7) is 1.61. The minimum absolute atomic E-state index is 0.0612. The van der Waals surface area contributed by atoms with Crippen LogP contribution in [0.1, 0.15) is 6.92 Å². The number of benzene rings is 1. The standard InChI is InChI=1S/C10H15BrN2O3S/c1-7(6-12)17(14,15)13-9-5-8(11)3-4-10(9)16-2/h3-5,7,13H,6,12H2,1-2H3. The van der Waals surface area contributed by atoms with E-state index >= 15 is 0 Å². The summed E-state index contributed by atoms with van der Waals surface area (Å²) in [5.41, 5.74) is 5.74. The topological polar surface area (TPSA) is 81.4 Å². The maximum atomic E-state index is 11.8. The van der Waals surface area contributed by atoms with Crippen LogP contribution < -0.4 is 15.2 Å². The number of halogens is 1. The second-order valence-electron chi connectivity index (χ2n) is 3.54. The molecule has 0 heterocycles. The molecule has 0 fully saturated rings. The van der Waals surface area contributed by atoms with E-state index in [2.05, 4.69) is 20.7 Å². The Balaban J connectivity index is 3.06. The van der Waals surface area contributed by atoms with Crippen molar-refractivity contribution in [3.8, 4) is 5.75 Å². The maximum Gasteiger partial charge on any atom is 0.236 e. The van der Waals surface area contributed by atoms with Gasteiger partial charge < -0.3 is 10.5 Å². The summed E-state index contributed by atoms with van der Waals surface area (Å²) < 4.78 is 32.0. The van der Waals surface area contributed by atoms with Gasteiger partial charge in [0.25, 0.3) is 0 Å². The summed E-state index contributed by atoms with van der Waals surface area (Å²) in [6, 6.07) is 5.08. The first-order valence-corrected chi connectivity index (χ1v) is 7.30. The van der Waals surface area contributed by atoms with Crippen molar-refractivity contribution in [2.45, 2.75) is 12.2 Å². The molecule has 1 aromatic carbocycles. The minimum Gasteiger partial charge on any atom is -0.495 e. The first-order valence-electron chi connectivity index (χ1n) is 4.96. The van der Waals surface area contributed by atoms with Gasteiger partial charge in [0.2, 0.25) is 10.0 Å². The van der Waals surface area contributed by atoms with Crippen molar-refractivity contribution in [2.75, 3.05) is 18.4 Å². The van der Waals surface area contributed by atoms with E-state index in [0.717, 1.165) is 4.47 Å². The van der Waals surface area contributed by atoms with Gasteiger partial charge in [0.05, 0.1) is 18.0 Å². The van der Waals surface area contributed by atoms with Crippen molar-refractivity contribution in [1.29, 1.82) is 0 Å². The van der Waals surface area contributed by atoms with Crippen LogP contribution >= 0.6 is 15.9 Å². The molecule has 0 aromatic heterocycles. The maximum absolute atomic E-state index is 11.8. The number of anilines is 1. The molecule has 0 saturated carbocycles. The molecule has 5 nitrogen and oxygen atoms in total. The zero-order chi connectivity index (χ0) is 13.1. The molecule has 3 N–H and O–H groups in total. The first-order chi connectivity index (χ1) is 7.90. The number of hydrogen-bond donors (Lipinski definition) is 2. The second kappa shape index (κ2) is 5.70. The van der Waals surface area contributed by atoms with Crippen LogP contribution in [0.25, 0.3) is 0 Å². The summed E-state index contributed by atoms with van der Waals surface area (Å²) in [5.74, 6) is 0.459. The predicted molar refractivity (Wildman–Crippen MR) is 71.8 cm³/mol. The highest BCUT2D eigenvalue weighted by molar-refractivity contribution is 9.10. The van der Waals surface area contributed by atoms with E-state index in [0.29, 0.717) is 11.4 Å². The molecule has 0 radical (unpaired) electrons. The van der Waals surface area contributed by atoms with Gasteiger partial charge in [-0.05, 0) is 25.1 Å². The summed E-state index contributed by atoms with van der Waals surface area (Å²) >= 11 is 3.27. The Morgan fingerprint density at radius 3 is 2.71 bits per heavy atom. The number of methoxy groups -OCH3 is 1. The number of rotatable bonds is 5. The lowest BCUT2D eigenvalue weighted by atomic mass is 10.3. The third-order valence-corrected chi connectivity index (χ3v) is 4.52. The highest BCUT2D eigenvalue weighted by Crippen LogP contribution is 2.29. The lowest BCUT2D eigenvalue weighted by molar-refractivity contribution is 0.417. The second-order valence-corrected chi connectivity index (χ2v) is 6.55. The Hall–Kier alpha value is -0.790. The lowest BCUT2D eigenvalue weighted by Crippen LogP contribution is -2.31. The molecule has 17 heavy (non-hydrogen) atoms. The molecule has 0 amide bonds. The largest absolute Gasteiger partial charge is 0.495 e. The molecule has 0 saturated heterocycles. The van der Waals surface area contributed by atoms with Gasteiger partial charge in [-0.25, -0.2) is 8.42 Å². The molecule has 1 atom stereocenters. The number of ether oxygens (including phenoxy) is 1. The van der Waals surface area contributed by atoms with Gasteiger partial charge in [-0.15, -0.1) is 0 Å². The molecule has 1 unspecified atom stereocenters. The number of nitrogens with two attached hydrogens (primary N) is 1. The van der Waals surface area contributed by atoms with Gasteiger partial charge in [0, 0.05) is 11.0 Å². The Morgan fingerprint density at radius 1 is 1.53 bits per heavy atom. The zero-order valence-electron chi connectivity index (χ0n) is 9.60. The smallest absolute Gasteiger partial charge is 0.236 e. The molecule has 0 aliphatic carbocycles. The summed E-state index contributed by atoms with van der Waals surface area (Å²) in [7, 11) is -2.01. The molecule has 7 heteroatoms. The van der Waals surface area contributed by atoms with Crippen molar-refractivity contribution in [2.24, 2.45) is 5.73 Å². The molecular formula is C10H15BrN2O3S. The van der Waals surface area contributed by atoms with Gasteiger partial charge in [0.15, 0.2) is 0 Å². The minimum atomic E-state index is -3.49. The average Bonchev–Trinajstić information content (AvgIpc) is 2.27. The molecule has 0 bridgehead atoms. The van der Waals surface area contributed by atoms with Crippen LogP contribution in [-0.2, 0) is 10.0 Å². The van der Waals surface area contributed by atoms with Crippen LogP contribution in [0.4, 0.5) is 5.69 Å². The monoisotopic (exact) mass is 322 g/mol. The van der Waals surface area contributed by atoms with Crippen LogP contribution in [0.15, 0.2) is 22.7 Å². The quantitative estimate of drug-likeness (QED) is 0.861. The highest BCUT2D eigenvalue weighted by atomic mass is 79.9. The van der Waals surface area contributed by atoms with Crippen molar-refractivity contribution in [3.63, 3.8) is 0 Å². The van der Waals surface area contributed by atoms with E-state index in [1.165, 1.54) is 7.11 Å². The van der Waals surface area contributed by atoms with Crippen molar-refractivity contribution < 1.29 is 13.2 Å². The predicted octanol–water partition coefficient (Wildman–Crippen LogP) is 1.55. The van der Waals surface area contributed by atoms with E-state index < -0.39 is 15.3 Å². The van der Waals surface area contributed by atoms with Gasteiger partial charge in [-0.1, -0.05) is 15.9 Å². The Labute approximate surface area is 110 Å². The van der Waals surface area contributed by atoms with Crippen LogP contribution in [0.2, 0.25) is 0 Å². The van der Waals surface area contributed by atoms with Crippen LogP contribution in [0.5, 0.6) is 5.75 Å². The van der Waals surface area contributed by atoms with Crippen molar-refractivity contribution in [1.82, 2.24) is 0 Å². The summed E-state index contributed by atoms with van der Waals surface area (Å²) in [6.07, 6.45) is 0. The fourth-order valence-corrected chi connectivity index (χ4v) is 2.42.